The zero-order valence-electron chi connectivity index (χ0n) is 18.6. The van der Waals surface area contributed by atoms with Crippen molar-refractivity contribution < 1.29 is 4.79 Å². The summed E-state index contributed by atoms with van der Waals surface area (Å²) in [6.07, 6.45) is 1.49. The molecule has 0 saturated carbocycles. The Morgan fingerprint density at radius 2 is 1.74 bits per heavy atom. The number of aryl methyl sites for hydroxylation is 1. The zero-order valence-corrected chi connectivity index (χ0v) is 18.6. The molecule has 0 fully saturated rings. The van der Waals surface area contributed by atoms with Gasteiger partial charge in [0.25, 0.3) is 0 Å². The van der Waals surface area contributed by atoms with E-state index in [4.69, 9.17) is 5.10 Å². The number of anilines is 1. The van der Waals surface area contributed by atoms with E-state index in [1.807, 2.05) is 10.7 Å². The first-order chi connectivity index (χ1) is 14.9. The summed E-state index contributed by atoms with van der Waals surface area (Å²) in [5.74, 6) is 2.04. The molecule has 1 aromatic heterocycles. The molecule has 0 saturated heterocycles. The Morgan fingerprint density at radius 1 is 1.03 bits per heavy atom. The fraction of sp³-hybridized carbons (Fsp3) is 0.333. The van der Waals surface area contributed by atoms with E-state index in [-0.39, 0.29) is 11.8 Å². The van der Waals surface area contributed by atoms with Gasteiger partial charge in [0.2, 0.25) is 0 Å². The quantitative estimate of drug-likeness (QED) is 0.554. The summed E-state index contributed by atoms with van der Waals surface area (Å²) < 4.78 is 2.04. The first-order valence-corrected chi connectivity index (χ1v) is 11.2. The maximum atomic E-state index is 13.2. The predicted octanol–water partition coefficient (Wildman–Crippen LogP) is 6.25. The Bertz CT molecular complexity index is 1170. The van der Waals surface area contributed by atoms with Gasteiger partial charge in [-0.1, -0.05) is 75.4 Å². The van der Waals surface area contributed by atoms with Crippen LogP contribution in [-0.2, 0) is 4.79 Å². The van der Waals surface area contributed by atoms with Crippen molar-refractivity contribution in [2.75, 3.05) is 5.32 Å². The molecule has 4 heteroatoms. The Labute approximate surface area is 184 Å². The number of hydrogen-bond donors (Lipinski definition) is 1. The molecule has 1 aliphatic carbocycles. The minimum absolute atomic E-state index is 0.191. The molecule has 2 heterocycles. The van der Waals surface area contributed by atoms with Crippen molar-refractivity contribution >= 4 is 11.6 Å². The summed E-state index contributed by atoms with van der Waals surface area (Å²) in [5, 5.41) is 8.59. The molecule has 1 aliphatic heterocycles. The van der Waals surface area contributed by atoms with Crippen LogP contribution in [0.15, 0.2) is 65.9 Å². The highest BCUT2D eigenvalue weighted by molar-refractivity contribution is 6.00. The lowest BCUT2D eigenvalue weighted by Gasteiger charge is -2.35. The topological polar surface area (TPSA) is 46.9 Å². The third kappa shape index (κ3) is 3.31. The first-order valence-electron chi connectivity index (χ1n) is 11.2. The number of aromatic nitrogens is 2. The van der Waals surface area contributed by atoms with E-state index >= 15 is 0 Å². The normalized spacial score (nSPS) is 20.5. The molecule has 4 nitrogen and oxygen atoms in total. The second kappa shape index (κ2) is 7.52. The van der Waals surface area contributed by atoms with E-state index in [2.05, 4.69) is 81.5 Å². The van der Waals surface area contributed by atoms with Gasteiger partial charge < -0.3 is 5.32 Å². The van der Waals surface area contributed by atoms with E-state index < -0.39 is 0 Å². The van der Waals surface area contributed by atoms with Gasteiger partial charge in [-0.2, -0.15) is 5.10 Å². The smallest absolute Gasteiger partial charge is 0.163 e. The number of carbonyl (C=O) groups is 1. The number of nitrogens with zero attached hydrogens (tertiary/aromatic N) is 2. The van der Waals surface area contributed by atoms with E-state index in [1.54, 1.807) is 0 Å². The minimum Gasteiger partial charge on any atom is -0.343 e. The van der Waals surface area contributed by atoms with Crippen LogP contribution >= 0.6 is 0 Å². The van der Waals surface area contributed by atoms with Gasteiger partial charge in [0, 0.05) is 23.3 Å². The van der Waals surface area contributed by atoms with Gasteiger partial charge >= 0.3 is 0 Å². The molecule has 2 atom stereocenters. The summed E-state index contributed by atoms with van der Waals surface area (Å²) in [5.41, 5.74) is 7.58. The highest BCUT2D eigenvalue weighted by Crippen LogP contribution is 2.45. The standard InChI is InChI=1S/C27H29N3O/c1-16(2)19-10-12-21(13-11-19)26-25-22(14-17(3)15-23(25)31)28-27-24(18(4)29-30(26)27)20-8-6-5-7-9-20/h5-13,16-17,26,28H,14-15H2,1-4H3/t17-,26+/m1/s1. The van der Waals surface area contributed by atoms with E-state index in [0.29, 0.717) is 18.3 Å². The summed E-state index contributed by atoms with van der Waals surface area (Å²) in [6.45, 7) is 8.61. The number of allylic oxidation sites excluding steroid dienone is 2. The lowest BCUT2D eigenvalue weighted by Crippen LogP contribution is -2.33. The molecular weight excluding hydrogens is 382 g/mol. The fourth-order valence-electron chi connectivity index (χ4n) is 5.00. The summed E-state index contributed by atoms with van der Waals surface area (Å²) >= 11 is 0. The maximum absolute atomic E-state index is 13.2. The second-order valence-corrected chi connectivity index (χ2v) is 9.30. The summed E-state index contributed by atoms with van der Waals surface area (Å²) in [6, 6.07) is 18.9. The van der Waals surface area contributed by atoms with Crippen LogP contribution in [0.2, 0.25) is 0 Å². The van der Waals surface area contributed by atoms with Crippen LogP contribution in [0.5, 0.6) is 0 Å². The van der Waals surface area contributed by atoms with Crippen molar-refractivity contribution in [1.82, 2.24) is 9.78 Å². The van der Waals surface area contributed by atoms with Gasteiger partial charge in [0.05, 0.1) is 5.69 Å². The number of carbonyl (C=O) groups excluding carboxylic acids is 1. The van der Waals surface area contributed by atoms with Crippen LogP contribution in [0.1, 0.15) is 62.4 Å². The lowest BCUT2D eigenvalue weighted by atomic mass is 9.81. The summed E-state index contributed by atoms with van der Waals surface area (Å²) in [4.78, 5) is 13.2. The van der Waals surface area contributed by atoms with Crippen LogP contribution in [0.3, 0.4) is 0 Å². The first kappa shape index (κ1) is 19.8. The van der Waals surface area contributed by atoms with Gasteiger partial charge in [-0.15, -0.1) is 0 Å². The van der Waals surface area contributed by atoms with Crippen molar-refractivity contribution in [2.24, 2.45) is 5.92 Å². The van der Waals surface area contributed by atoms with E-state index in [9.17, 15) is 4.79 Å². The van der Waals surface area contributed by atoms with Crippen molar-refractivity contribution in [3.05, 3.63) is 82.7 Å². The molecular formula is C27H29N3O. The molecule has 0 radical (unpaired) electrons. The van der Waals surface area contributed by atoms with Gasteiger partial charge in [-0.05, 0) is 41.9 Å². The van der Waals surface area contributed by atoms with Crippen molar-refractivity contribution in [2.45, 2.75) is 52.5 Å². The highest BCUT2D eigenvalue weighted by Gasteiger charge is 2.39. The number of benzene rings is 2. The van der Waals surface area contributed by atoms with Gasteiger partial charge in [0.1, 0.15) is 11.9 Å². The van der Waals surface area contributed by atoms with Crippen LogP contribution in [-0.4, -0.2) is 15.6 Å². The van der Waals surface area contributed by atoms with Gasteiger partial charge in [-0.3, -0.25) is 4.79 Å². The number of hydrogen-bond acceptors (Lipinski definition) is 3. The Morgan fingerprint density at radius 3 is 2.42 bits per heavy atom. The highest BCUT2D eigenvalue weighted by atomic mass is 16.1. The third-order valence-electron chi connectivity index (χ3n) is 6.57. The lowest BCUT2D eigenvalue weighted by molar-refractivity contribution is -0.117. The molecule has 0 spiro atoms. The maximum Gasteiger partial charge on any atom is 0.163 e. The molecule has 0 unspecified atom stereocenters. The van der Waals surface area contributed by atoms with Crippen molar-refractivity contribution in [3.63, 3.8) is 0 Å². The zero-order chi connectivity index (χ0) is 21.7. The van der Waals surface area contributed by atoms with E-state index in [1.165, 1.54) is 5.56 Å². The minimum atomic E-state index is -0.191. The van der Waals surface area contributed by atoms with Gasteiger partial charge in [0.15, 0.2) is 5.78 Å². The average Bonchev–Trinajstić information content (AvgIpc) is 3.08. The predicted molar refractivity (Wildman–Crippen MR) is 125 cm³/mol. The van der Waals surface area contributed by atoms with Crippen LogP contribution < -0.4 is 5.32 Å². The van der Waals surface area contributed by atoms with Crippen LogP contribution in [0.25, 0.3) is 11.1 Å². The molecule has 31 heavy (non-hydrogen) atoms. The Hall–Kier alpha value is -3.14. The Kier molecular flexibility index (Phi) is 4.81. The van der Waals surface area contributed by atoms with Gasteiger partial charge in [-0.25, -0.2) is 4.68 Å². The monoisotopic (exact) mass is 411 g/mol. The summed E-state index contributed by atoms with van der Waals surface area (Å²) in [7, 11) is 0. The number of Topliss-reactive ketones (excluding diaryl/α,β-unsaturated/α-hetero) is 1. The largest absolute Gasteiger partial charge is 0.343 e. The molecule has 3 aromatic rings. The molecule has 158 valence electrons. The SMILES string of the molecule is Cc1nn2c(c1-c1ccccc1)NC1=C(C(=O)C[C@H](C)C1)[C@@H]2c1ccc(C(C)C)cc1. The molecule has 2 aliphatic rings. The molecule has 5 rings (SSSR count). The number of rotatable bonds is 3. The molecule has 0 bridgehead atoms. The second-order valence-electron chi connectivity index (χ2n) is 9.30. The fourth-order valence-corrected chi connectivity index (χ4v) is 5.00. The van der Waals surface area contributed by atoms with Crippen LogP contribution in [0.4, 0.5) is 5.82 Å². The molecule has 1 N–H and O–H groups in total. The van der Waals surface area contributed by atoms with Crippen molar-refractivity contribution in [1.29, 1.82) is 0 Å². The molecule has 0 amide bonds. The number of nitrogens with one attached hydrogen (secondary N) is 1. The average molecular weight is 412 g/mol. The van der Waals surface area contributed by atoms with E-state index in [0.717, 1.165) is 45.9 Å². The number of fused-ring (bicyclic) bond motifs is 1. The van der Waals surface area contributed by atoms with Crippen molar-refractivity contribution in [3.8, 4) is 11.1 Å². The Balaban J connectivity index is 1.71. The van der Waals surface area contributed by atoms with Crippen LogP contribution in [0, 0.1) is 12.8 Å². The number of ketones is 1. The third-order valence-corrected chi connectivity index (χ3v) is 6.57. The molecule has 2 aromatic carbocycles.